The number of aliphatic hydroxyl groups excluding tert-OH is 1. The van der Waals surface area contributed by atoms with Crippen molar-refractivity contribution in [3.05, 3.63) is 18.1 Å². The van der Waals surface area contributed by atoms with Crippen molar-refractivity contribution in [1.29, 1.82) is 0 Å². The molecule has 0 saturated heterocycles. The molecule has 1 aromatic heterocycles. The second kappa shape index (κ2) is 5.80. The van der Waals surface area contributed by atoms with Crippen LogP contribution in [0.25, 0.3) is 0 Å². The van der Waals surface area contributed by atoms with Gasteiger partial charge in [-0.15, -0.1) is 0 Å². The summed E-state index contributed by atoms with van der Waals surface area (Å²) in [5.74, 6) is 0.833. The molecule has 0 unspecified atom stereocenters. The lowest BCUT2D eigenvalue weighted by Gasteiger charge is -2.22. The third kappa shape index (κ3) is 3.45. The van der Waals surface area contributed by atoms with Crippen LogP contribution in [0.5, 0.6) is 0 Å². The van der Waals surface area contributed by atoms with E-state index >= 15 is 0 Å². The normalized spacial score (nSPS) is 11.5. The van der Waals surface area contributed by atoms with Gasteiger partial charge >= 0.3 is 0 Å². The Kier molecular flexibility index (Phi) is 4.68. The summed E-state index contributed by atoms with van der Waals surface area (Å²) in [6, 6.07) is 1.99. The molecule has 0 saturated carbocycles. The highest BCUT2D eigenvalue weighted by Crippen LogP contribution is 2.25. The fourth-order valence-electron chi connectivity index (χ4n) is 1.30. The summed E-state index contributed by atoms with van der Waals surface area (Å²) in [5.41, 5.74) is 1.13. The number of aromatic nitrogens is 2. The highest BCUT2D eigenvalue weighted by atomic mass is 16.3. The van der Waals surface area contributed by atoms with Crippen molar-refractivity contribution in [2.75, 3.05) is 18.5 Å². The molecule has 0 aromatic carbocycles. The topological polar surface area (TPSA) is 58.0 Å². The molecular weight excluding hydrogens is 202 g/mol. The molecule has 1 aromatic rings. The van der Waals surface area contributed by atoms with Crippen LogP contribution in [0.4, 0.5) is 5.82 Å². The van der Waals surface area contributed by atoms with E-state index in [1.165, 1.54) is 0 Å². The van der Waals surface area contributed by atoms with E-state index in [1.807, 2.05) is 6.07 Å². The molecule has 0 aliphatic rings. The van der Waals surface area contributed by atoms with Crippen LogP contribution in [0.1, 0.15) is 39.3 Å². The molecule has 0 amide bonds. The Balaban J connectivity index is 2.71. The van der Waals surface area contributed by atoms with E-state index < -0.39 is 0 Å². The summed E-state index contributed by atoms with van der Waals surface area (Å²) >= 11 is 0. The highest BCUT2D eigenvalue weighted by molar-refractivity contribution is 5.36. The van der Waals surface area contributed by atoms with Crippen molar-refractivity contribution >= 4 is 5.82 Å². The standard InChI is InChI=1S/C12H21N3O/c1-4-12(2,3)10-8-11(15-9-14-10)13-6-5-7-16/h8-9,16H,4-7H2,1-3H3,(H,13,14,15). The number of anilines is 1. The number of nitrogens with zero attached hydrogens (tertiary/aromatic N) is 2. The van der Waals surface area contributed by atoms with Gasteiger partial charge in [-0.3, -0.25) is 0 Å². The zero-order valence-electron chi connectivity index (χ0n) is 10.3. The molecule has 0 aliphatic heterocycles. The highest BCUT2D eigenvalue weighted by Gasteiger charge is 2.19. The van der Waals surface area contributed by atoms with E-state index in [0.29, 0.717) is 0 Å². The van der Waals surface area contributed by atoms with E-state index in [2.05, 4.69) is 36.1 Å². The molecule has 1 heterocycles. The predicted octanol–water partition coefficient (Wildman–Crippen LogP) is 1.96. The monoisotopic (exact) mass is 223 g/mol. The minimum Gasteiger partial charge on any atom is -0.396 e. The molecule has 90 valence electrons. The van der Waals surface area contributed by atoms with Gasteiger partial charge in [0.25, 0.3) is 0 Å². The summed E-state index contributed by atoms with van der Waals surface area (Å²) in [6.07, 6.45) is 3.37. The van der Waals surface area contributed by atoms with Crippen LogP contribution in [-0.2, 0) is 5.41 Å². The largest absolute Gasteiger partial charge is 0.396 e. The number of rotatable bonds is 6. The number of aliphatic hydroxyl groups is 1. The Morgan fingerprint density at radius 2 is 2.12 bits per heavy atom. The number of hydrogen-bond acceptors (Lipinski definition) is 4. The third-order valence-electron chi connectivity index (χ3n) is 2.89. The van der Waals surface area contributed by atoms with Crippen molar-refractivity contribution in [2.45, 2.75) is 39.0 Å². The van der Waals surface area contributed by atoms with Gasteiger partial charge in [0.1, 0.15) is 12.1 Å². The molecule has 16 heavy (non-hydrogen) atoms. The second-order valence-electron chi connectivity index (χ2n) is 4.53. The summed E-state index contributed by atoms with van der Waals surface area (Å²) < 4.78 is 0. The van der Waals surface area contributed by atoms with Crippen LogP contribution in [0.2, 0.25) is 0 Å². The van der Waals surface area contributed by atoms with Gasteiger partial charge in [-0.05, 0) is 12.8 Å². The van der Waals surface area contributed by atoms with Gasteiger partial charge in [0, 0.05) is 24.6 Å². The van der Waals surface area contributed by atoms with E-state index in [1.54, 1.807) is 6.33 Å². The summed E-state index contributed by atoms with van der Waals surface area (Å²) in [5, 5.41) is 11.9. The third-order valence-corrected chi connectivity index (χ3v) is 2.89. The van der Waals surface area contributed by atoms with Crippen molar-refractivity contribution in [2.24, 2.45) is 0 Å². The molecule has 1 rings (SSSR count). The Morgan fingerprint density at radius 3 is 2.75 bits per heavy atom. The second-order valence-corrected chi connectivity index (χ2v) is 4.53. The Bertz CT molecular complexity index is 326. The maximum atomic E-state index is 8.69. The molecule has 0 atom stereocenters. The minimum atomic E-state index is 0.0797. The van der Waals surface area contributed by atoms with Crippen molar-refractivity contribution in [3.63, 3.8) is 0 Å². The number of nitrogens with one attached hydrogen (secondary N) is 1. The number of hydrogen-bond donors (Lipinski definition) is 2. The lowest BCUT2D eigenvalue weighted by molar-refractivity contribution is 0.292. The van der Waals surface area contributed by atoms with Crippen molar-refractivity contribution in [3.8, 4) is 0 Å². The van der Waals surface area contributed by atoms with Crippen LogP contribution in [0.15, 0.2) is 12.4 Å². The lowest BCUT2D eigenvalue weighted by Crippen LogP contribution is -2.18. The SMILES string of the molecule is CCC(C)(C)c1cc(NCCCO)ncn1. The van der Waals surface area contributed by atoms with Crippen molar-refractivity contribution in [1.82, 2.24) is 9.97 Å². The van der Waals surface area contributed by atoms with Crippen LogP contribution in [0.3, 0.4) is 0 Å². The molecule has 0 spiro atoms. The maximum absolute atomic E-state index is 8.69. The van der Waals surface area contributed by atoms with Crippen molar-refractivity contribution < 1.29 is 5.11 Å². The average Bonchev–Trinajstić information content (AvgIpc) is 2.30. The quantitative estimate of drug-likeness (QED) is 0.724. The molecule has 4 heteroatoms. The zero-order valence-corrected chi connectivity index (χ0v) is 10.3. The fraction of sp³-hybridized carbons (Fsp3) is 0.667. The van der Waals surface area contributed by atoms with Gasteiger partial charge in [0.2, 0.25) is 0 Å². The van der Waals surface area contributed by atoms with Crippen LogP contribution >= 0.6 is 0 Å². The fourth-order valence-corrected chi connectivity index (χ4v) is 1.30. The molecule has 0 aliphatic carbocycles. The first-order valence-corrected chi connectivity index (χ1v) is 5.77. The molecule has 2 N–H and O–H groups in total. The van der Waals surface area contributed by atoms with E-state index in [-0.39, 0.29) is 12.0 Å². The first-order chi connectivity index (χ1) is 7.60. The van der Waals surface area contributed by atoms with Gasteiger partial charge in [-0.1, -0.05) is 20.8 Å². The minimum absolute atomic E-state index is 0.0797. The van der Waals surface area contributed by atoms with E-state index in [0.717, 1.165) is 30.9 Å². The average molecular weight is 223 g/mol. The van der Waals surface area contributed by atoms with Gasteiger partial charge in [0.15, 0.2) is 0 Å². The molecule has 0 radical (unpaired) electrons. The van der Waals surface area contributed by atoms with E-state index in [9.17, 15) is 0 Å². The molecule has 4 nitrogen and oxygen atoms in total. The summed E-state index contributed by atoms with van der Waals surface area (Å²) in [7, 11) is 0. The van der Waals surface area contributed by atoms with Gasteiger partial charge in [0.05, 0.1) is 5.69 Å². The maximum Gasteiger partial charge on any atom is 0.129 e. The summed E-state index contributed by atoms with van der Waals surface area (Å²) in [6.45, 7) is 7.44. The van der Waals surface area contributed by atoms with Crippen LogP contribution in [0, 0.1) is 0 Å². The van der Waals surface area contributed by atoms with Gasteiger partial charge in [-0.25, -0.2) is 9.97 Å². The van der Waals surface area contributed by atoms with Gasteiger partial charge < -0.3 is 10.4 Å². The van der Waals surface area contributed by atoms with Crippen LogP contribution in [-0.4, -0.2) is 28.2 Å². The smallest absolute Gasteiger partial charge is 0.129 e. The predicted molar refractivity (Wildman–Crippen MR) is 65.5 cm³/mol. The first kappa shape index (κ1) is 12.9. The van der Waals surface area contributed by atoms with Crippen LogP contribution < -0.4 is 5.32 Å². The van der Waals surface area contributed by atoms with E-state index in [4.69, 9.17) is 5.11 Å². The lowest BCUT2D eigenvalue weighted by atomic mass is 9.86. The molecule has 0 fully saturated rings. The Labute approximate surface area is 97.1 Å². The molecule has 0 bridgehead atoms. The zero-order chi connectivity index (χ0) is 12.0. The van der Waals surface area contributed by atoms with Gasteiger partial charge in [-0.2, -0.15) is 0 Å². The Morgan fingerprint density at radius 1 is 1.38 bits per heavy atom. The molecular formula is C12H21N3O. The summed E-state index contributed by atoms with van der Waals surface area (Å²) in [4.78, 5) is 8.46. The first-order valence-electron chi connectivity index (χ1n) is 5.77. The Hall–Kier alpha value is -1.16.